The van der Waals surface area contributed by atoms with Gasteiger partial charge in [-0.05, 0) is 25.1 Å². The largest absolute Gasteiger partial charge is 0.494 e. The number of carbonyl (C=O) groups is 2. The third kappa shape index (κ3) is 5.10. The van der Waals surface area contributed by atoms with E-state index in [1.165, 1.54) is 0 Å². The van der Waals surface area contributed by atoms with E-state index in [1.807, 2.05) is 36.1 Å². The highest BCUT2D eigenvalue weighted by Gasteiger charge is 2.32. The van der Waals surface area contributed by atoms with Crippen LogP contribution in [0.4, 0.5) is 0 Å². The van der Waals surface area contributed by atoms with Crippen molar-refractivity contribution >= 4 is 11.8 Å². The van der Waals surface area contributed by atoms with Crippen LogP contribution in [0.25, 0.3) is 0 Å². The van der Waals surface area contributed by atoms with Crippen molar-refractivity contribution in [3.05, 3.63) is 54.0 Å². The van der Waals surface area contributed by atoms with Crippen LogP contribution in [-0.4, -0.2) is 42.5 Å². The lowest BCUT2D eigenvalue weighted by Gasteiger charge is -2.35. The lowest BCUT2D eigenvalue weighted by Crippen LogP contribution is -2.56. The van der Waals surface area contributed by atoms with Crippen LogP contribution in [0.2, 0.25) is 0 Å². The number of nitrogens with one attached hydrogen (secondary N) is 2. The molecule has 2 amide bonds. The summed E-state index contributed by atoms with van der Waals surface area (Å²) >= 11 is 0. The zero-order valence-corrected chi connectivity index (χ0v) is 15.4. The molecule has 144 valence electrons. The first-order valence-corrected chi connectivity index (χ1v) is 9.19. The number of benzene rings is 1. The molecular weight excluding hydrogens is 346 g/mol. The molecule has 7 nitrogen and oxygen atoms in total. The summed E-state index contributed by atoms with van der Waals surface area (Å²) < 4.78 is 10.9. The van der Waals surface area contributed by atoms with Crippen LogP contribution in [0.3, 0.4) is 0 Å². The number of piperazine rings is 1. The molecule has 1 saturated heterocycles. The van der Waals surface area contributed by atoms with Gasteiger partial charge in [-0.1, -0.05) is 18.2 Å². The summed E-state index contributed by atoms with van der Waals surface area (Å²) in [6.07, 6.45) is 1.66. The molecule has 0 saturated carbocycles. The predicted molar refractivity (Wildman–Crippen MR) is 100.0 cm³/mol. The molecule has 0 radical (unpaired) electrons. The van der Waals surface area contributed by atoms with Crippen molar-refractivity contribution < 1.29 is 18.7 Å². The molecule has 27 heavy (non-hydrogen) atoms. The Balaban J connectivity index is 1.64. The number of rotatable bonds is 8. The molecule has 7 heteroatoms. The van der Waals surface area contributed by atoms with Gasteiger partial charge in [0.25, 0.3) is 0 Å². The van der Waals surface area contributed by atoms with Crippen LogP contribution >= 0.6 is 0 Å². The summed E-state index contributed by atoms with van der Waals surface area (Å²) in [5.74, 6) is 1.19. The fourth-order valence-corrected chi connectivity index (χ4v) is 3.17. The van der Waals surface area contributed by atoms with Gasteiger partial charge in [0, 0.05) is 25.2 Å². The molecule has 1 fully saturated rings. The van der Waals surface area contributed by atoms with Gasteiger partial charge in [0.15, 0.2) is 0 Å². The van der Waals surface area contributed by atoms with Gasteiger partial charge < -0.3 is 19.8 Å². The van der Waals surface area contributed by atoms with Crippen LogP contribution in [-0.2, 0) is 22.7 Å². The van der Waals surface area contributed by atoms with Crippen LogP contribution < -0.4 is 15.4 Å². The molecule has 2 N–H and O–H groups in total. The standard InChI is InChI=1S/C20H25N3O4/c1-2-26-18-8-4-3-6-15(18)14-23-10-9-21-20(25)17(23)12-19(24)22-13-16-7-5-11-27-16/h3-8,11,17H,2,9-10,12-14H2,1H3,(H,21,25)(H,22,24). The Kier molecular flexibility index (Phi) is 6.49. The third-order valence-electron chi connectivity index (χ3n) is 4.51. The number of nitrogens with zero attached hydrogens (tertiary/aromatic N) is 1. The van der Waals surface area contributed by atoms with Crippen LogP contribution in [0.15, 0.2) is 47.1 Å². The second-order valence-electron chi connectivity index (χ2n) is 6.38. The quantitative estimate of drug-likeness (QED) is 0.738. The zero-order valence-electron chi connectivity index (χ0n) is 15.4. The number of furan rings is 1. The topological polar surface area (TPSA) is 83.8 Å². The summed E-state index contributed by atoms with van der Waals surface area (Å²) in [6, 6.07) is 10.9. The maximum absolute atomic E-state index is 12.4. The van der Waals surface area contributed by atoms with Gasteiger partial charge in [0.1, 0.15) is 11.5 Å². The maximum atomic E-state index is 12.4. The molecule has 1 aromatic carbocycles. The first kappa shape index (κ1) is 19.0. The van der Waals surface area contributed by atoms with Crippen LogP contribution in [0.5, 0.6) is 5.75 Å². The van der Waals surface area contributed by atoms with E-state index in [4.69, 9.17) is 9.15 Å². The number of hydrogen-bond acceptors (Lipinski definition) is 5. The van der Waals surface area contributed by atoms with E-state index in [1.54, 1.807) is 18.4 Å². The van der Waals surface area contributed by atoms with Gasteiger partial charge in [-0.15, -0.1) is 0 Å². The Morgan fingerprint density at radius 3 is 2.96 bits per heavy atom. The minimum Gasteiger partial charge on any atom is -0.494 e. The molecule has 2 heterocycles. The highest BCUT2D eigenvalue weighted by atomic mass is 16.5. The maximum Gasteiger partial charge on any atom is 0.237 e. The van der Waals surface area contributed by atoms with Gasteiger partial charge in [-0.2, -0.15) is 0 Å². The highest BCUT2D eigenvalue weighted by molar-refractivity contribution is 5.88. The molecule has 1 aromatic heterocycles. The molecule has 2 aromatic rings. The van der Waals surface area contributed by atoms with Crippen molar-refractivity contribution in [2.45, 2.75) is 32.5 Å². The smallest absolute Gasteiger partial charge is 0.237 e. The Hall–Kier alpha value is -2.80. The molecule has 1 aliphatic rings. The minimum atomic E-state index is -0.509. The number of hydrogen-bond donors (Lipinski definition) is 2. The van der Waals surface area contributed by atoms with Crippen LogP contribution in [0.1, 0.15) is 24.7 Å². The number of para-hydroxylation sites is 1. The van der Waals surface area contributed by atoms with Gasteiger partial charge in [0.2, 0.25) is 11.8 Å². The monoisotopic (exact) mass is 371 g/mol. The van der Waals surface area contributed by atoms with E-state index < -0.39 is 6.04 Å². The summed E-state index contributed by atoms with van der Waals surface area (Å²) in [5.41, 5.74) is 1.01. The Morgan fingerprint density at radius 1 is 1.33 bits per heavy atom. The molecule has 0 spiro atoms. The van der Waals surface area contributed by atoms with E-state index in [9.17, 15) is 9.59 Å². The van der Waals surface area contributed by atoms with Crippen LogP contribution in [0, 0.1) is 0 Å². The average Bonchev–Trinajstić information content (AvgIpc) is 3.18. The van der Waals surface area contributed by atoms with Crippen molar-refractivity contribution in [2.24, 2.45) is 0 Å². The van der Waals surface area contributed by atoms with Crippen molar-refractivity contribution in [1.82, 2.24) is 15.5 Å². The van der Waals surface area contributed by atoms with E-state index in [-0.39, 0.29) is 18.2 Å². The van der Waals surface area contributed by atoms with Gasteiger partial charge in [0.05, 0.1) is 31.9 Å². The van der Waals surface area contributed by atoms with E-state index in [2.05, 4.69) is 10.6 Å². The van der Waals surface area contributed by atoms with Crippen molar-refractivity contribution in [2.75, 3.05) is 19.7 Å². The highest BCUT2D eigenvalue weighted by Crippen LogP contribution is 2.22. The van der Waals surface area contributed by atoms with Gasteiger partial charge in [-0.25, -0.2) is 0 Å². The first-order valence-electron chi connectivity index (χ1n) is 9.19. The molecule has 1 unspecified atom stereocenters. The summed E-state index contributed by atoms with van der Waals surface area (Å²) in [7, 11) is 0. The van der Waals surface area contributed by atoms with Gasteiger partial charge in [-0.3, -0.25) is 14.5 Å². The van der Waals surface area contributed by atoms with E-state index >= 15 is 0 Å². The predicted octanol–water partition coefficient (Wildman–Crippen LogP) is 1.69. The third-order valence-corrected chi connectivity index (χ3v) is 4.51. The average molecular weight is 371 g/mol. The molecule has 3 rings (SSSR count). The Morgan fingerprint density at radius 2 is 2.19 bits per heavy atom. The molecule has 0 aliphatic carbocycles. The second-order valence-corrected chi connectivity index (χ2v) is 6.38. The van der Waals surface area contributed by atoms with E-state index in [0.29, 0.717) is 38.5 Å². The summed E-state index contributed by atoms with van der Waals surface area (Å²) in [6.45, 7) is 4.64. The Labute approximate surface area is 158 Å². The van der Waals surface area contributed by atoms with Crippen molar-refractivity contribution in [1.29, 1.82) is 0 Å². The molecule has 0 bridgehead atoms. The number of amides is 2. The molecular formula is C20H25N3O4. The summed E-state index contributed by atoms with van der Waals surface area (Å²) in [5, 5.41) is 5.66. The lowest BCUT2D eigenvalue weighted by atomic mass is 10.1. The minimum absolute atomic E-state index is 0.101. The second kappa shape index (κ2) is 9.23. The lowest BCUT2D eigenvalue weighted by molar-refractivity contribution is -0.134. The fourth-order valence-electron chi connectivity index (χ4n) is 3.17. The first-order chi connectivity index (χ1) is 13.2. The SMILES string of the molecule is CCOc1ccccc1CN1CCNC(=O)C1CC(=O)NCc1ccco1. The van der Waals surface area contributed by atoms with E-state index in [0.717, 1.165) is 11.3 Å². The van der Waals surface area contributed by atoms with Crippen molar-refractivity contribution in [3.8, 4) is 5.75 Å². The number of carbonyl (C=O) groups excluding carboxylic acids is 2. The molecule has 1 aliphatic heterocycles. The number of ether oxygens (including phenoxy) is 1. The van der Waals surface area contributed by atoms with Gasteiger partial charge >= 0.3 is 0 Å². The molecule has 1 atom stereocenters. The Bertz CT molecular complexity index is 760. The fraction of sp³-hybridized carbons (Fsp3) is 0.400. The normalized spacial score (nSPS) is 17.4. The summed E-state index contributed by atoms with van der Waals surface area (Å²) in [4.78, 5) is 26.8. The van der Waals surface area contributed by atoms with Crippen molar-refractivity contribution in [3.63, 3.8) is 0 Å². The zero-order chi connectivity index (χ0) is 19.1.